The molecule has 0 saturated carbocycles. The molecule has 0 atom stereocenters. The van der Waals surface area contributed by atoms with E-state index in [0.29, 0.717) is 28.3 Å². The van der Waals surface area contributed by atoms with Gasteiger partial charge in [-0.15, -0.1) is 0 Å². The first-order valence-corrected chi connectivity index (χ1v) is 9.00. The number of amides is 2. The lowest BCUT2D eigenvalue weighted by Crippen LogP contribution is -2.14. The van der Waals surface area contributed by atoms with Crippen LogP contribution >= 0.6 is 0 Å². The molecule has 0 bridgehead atoms. The number of benzene rings is 3. The normalized spacial score (nSPS) is 10.4. The van der Waals surface area contributed by atoms with Gasteiger partial charge in [0.2, 0.25) is 5.91 Å². The van der Waals surface area contributed by atoms with Crippen LogP contribution in [-0.2, 0) is 4.79 Å². The highest BCUT2D eigenvalue weighted by atomic mass is 19.3. The highest BCUT2D eigenvalue weighted by Gasteiger charge is 2.12. The molecule has 0 fully saturated rings. The van der Waals surface area contributed by atoms with Crippen LogP contribution in [0.15, 0.2) is 72.8 Å². The van der Waals surface area contributed by atoms with E-state index in [9.17, 15) is 18.4 Å². The minimum absolute atomic E-state index is 0.0456. The van der Waals surface area contributed by atoms with Crippen LogP contribution in [0.2, 0.25) is 0 Å². The summed E-state index contributed by atoms with van der Waals surface area (Å²) in [6, 6.07) is 19.6. The van der Waals surface area contributed by atoms with Gasteiger partial charge in [-0.1, -0.05) is 12.1 Å². The lowest BCUT2D eigenvalue weighted by Gasteiger charge is -2.13. The van der Waals surface area contributed by atoms with Gasteiger partial charge in [-0.3, -0.25) is 9.59 Å². The Bertz CT molecular complexity index is 1020. The van der Waals surface area contributed by atoms with Crippen molar-refractivity contribution in [3.63, 3.8) is 0 Å². The van der Waals surface area contributed by atoms with Gasteiger partial charge in [0.1, 0.15) is 5.75 Å². The van der Waals surface area contributed by atoms with Crippen LogP contribution in [0.5, 0.6) is 5.75 Å². The van der Waals surface area contributed by atoms with Crippen molar-refractivity contribution in [1.29, 1.82) is 0 Å². The molecule has 0 saturated heterocycles. The van der Waals surface area contributed by atoms with Gasteiger partial charge < -0.3 is 20.7 Å². The number of halogens is 2. The molecule has 0 aliphatic heterocycles. The second kappa shape index (κ2) is 9.51. The first-order chi connectivity index (χ1) is 14.4. The predicted molar refractivity (Wildman–Crippen MR) is 111 cm³/mol. The first kappa shape index (κ1) is 20.8. The summed E-state index contributed by atoms with van der Waals surface area (Å²) in [6.45, 7) is -1.47. The maximum Gasteiger partial charge on any atom is 0.387 e. The summed E-state index contributed by atoms with van der Waals surface area (Å²) >= 11 is 0. The third-order valence-corrected chi connectivity index (χ3v) is 3.99. The number of carbonyl (C=O) groups is 2. The van der Waals surface area contributed by atoms with Crippen molar-refractivity contribution in [2.24, 2.45) is 0 Å². The summed E-state index contributed by atoms with van der Waals surface area (Å²) in [7, 11) is 0. The molecule has 3 aromatic rings. The van der Waals surface area contributed by atoms with E-state index in [1.807, 2.05) is 0 Å². The standard InChI is InChI=1S/C22H19F2N3O3/c1-14(28)25-15-6-8-17(9-7-15)27-21(29)19-4-2-3-5-20(19)26-16-10-12-18(13-11-16)30-22(23)24/h2-13,22,26H,1H3,(H,25,28)(H,27,29). The second-order valence-electron chi connectivity index (χ2n) is 6.29. The highest BCUT2D eigenvalue weighted by Crippen LogP contribution is 2.24. The number of rotatable bonds is 7. The number of ether oxygens (including phenoxy) is 1. The molecule has 0 heterocycles. The molecular formula is C22H19F2N3O3. The van der Waals surface area contributed by atoms with Crippen molar-refractivity contribution in [1.82, 2.24) is 0 Å². The number of carbonyl (C=O) groups excluding carboxylic acids is 2. The minimum Gasteiger partial charge on any atom is -0.435 e. The molecule has 3 aromatic carbocycles. The van der Waals surface area contributed by atoms with E-state index in [0.717, 1.165) is 0 Å². The van der Waals surface area contributed by atoms with Crippen LogP contribution in [-0.4, -0.2) is 18.4 Å². The fourth-order valence-corrected chi connectivity index (χ4v) is 2.70. The Morgan fingerprint density at radius 1 is 0.800 bits per heavy atom. The van der Waals surface area contributed by atoms with E-state index in [2.05, 4.69) is 20.7 Å². The monoisotopic (exact) mass is 411 g/mol. The molecule has 0 radical (unpaired) electrons. The number of anilines is 4. The van der Waals surface area contributed by atoms with Gasteiger partial charge in [0.05, 0.1) is 11.3 Å². The van der Waals surface area contributed by atoms with Crippen LogP contribution < -0.4 is 20.7 Å². The molecule has 0 aliphatic rings. The molecule has 3 rings (SSSR count). The van der Waals surface area contributed by atoms with Crippen molar-refractivity contribution in [2.45, 2.75) is 13.5 Å². The van der Waals surface area contributed by atoms with E-state index in [4.69, 9.17) is 0 Å². The van der Waals surface area contributed by atoms with Gasteiger partial charge >= 0.3 is 6.61 Å². The largest absolute Gasteiger partial charge is 0.435 e. The van der Waals surface area contributed by atoms with E-state index in [1.165, 1.54) is 19.1 Å². The Hall–Kier alpha value is -3.94. The van der Waals surface area contributed by atoms with Gasteiger partial charge in [-0.2, -0.15) is 8.78 Å². The number of hydrogen-bond acceptors (Lipinski definition) is 4. The molecule has 6 nitrogen and oxygen atoms in total. The summed E-state index contributed by atoms with van der Waals surface area (Å²) in [5.74, 6) is -0.465. The number of alkyl halides is 2. The van der Waals surface area contributed by atoms with Crippen molar-refractivity contribution < 1.29 is 23.1 Å². The quantitative estimate of drug-likeness (QED) is 0.497. The highest BCUT2D eigenvalue weighted by molar-refractivity contribution is 6.08. The Balaban J connectivity index is 1.71. The molecule has 0 aliphatic carbocycles. The maximum atomic E-state index is 12.7. The van der Waals surface area contributed by atoms with Gasteiger partial charge in [-0.25, -0.2) is 0 Å². The minimum atomic E-state index is -2.89. The Labute approximate surface area is 171 Å². The summed E-state index contributed by atoms with van der Waals surface area (Å²) in [5, 5.41) is 8.56. The van der Waals surface area contributed by atoms with Gasteiger partial charge in [0.15, 0.2) is 0 Å². The van der Waals surface area contributed by atoms with Gasteiger partial charge in [0.25, 0.3) is 5.91 Å². The first-order valence-electron chi connectivity index (χ1n) is 9.00. The topological polar surface area (TPSA) is 79.5 Å². The van der Waals surface area contributed by atoms with Crippen molar-refractivity contribution in [2.75, 3.05) is 16.0 Å². The fourth-order valence-electron chi connectivity index (χ4n) is 2.70. The van der Waals surface area contributed by atoms with E-state index in [1.54, 1.807) is 60.7 Å². The summed E-state index contributed by atoms with van der Waals surface area (Å²) in [6.07, 6.45) is 0. The van der Waals surface area contributed by atoms with Crippen LogP contribution in [0.1, 0.15) is 17.3 Å². The predicted octanol–water partition coefficient (Wildman–Crippen LogP) is 5.24. The Kier molecular flexibility index (Phi) is 6.59. The molecular weight excluding hydrogens is 392 g/mol. The van der Waals surface area contributed by atoms with E-state index < -0.39 is 6.61 Å². The van der Waals surface area contributed by atoms with Crippen molar-refractivity contribution in [3.05, 3.63) is 78.4 Å². The molecule has 2 amide bonds. The zero-order chi connectivity index (χ0) is 21.5. The number of hydrogen-bond donors (Lipinski definition) is 3. The van der Waals surface area contributed by atoms with Crippen LogP contribution in [0.4, 0.5) is 31.5 Å². The maximum absolute atomic E-state index is 12.7. The van der Waals surface area contributed by atoms with E-state index >= 15 is 0 Å². The van der Waals surface area contributed by atoms with Crippen molar-refractivity contribution in [3.8, 4) is 5.75 Å². The lowest BCUT2D eigenvalue weighted by atomic mass is 10.1. The van der Waals surface area contributed by atoms with Crippen LogP contribution in [0.3, 0.4) is 0 Å². The Morgan fingerprint density at radius 3 is 1.97 bits per heavy atom. The smallest absolute Gasteiger partial charge is 0.387 e. The molecule has 154 valence electrons. The van der Waals surface area contributed by atoms with Gasteiger partial charge in [0, 0.05) is 24.0 Å². The molecule has 8 heteroatoms. The molecule has 30 heavy (non-hydrogen) atoms. The number of nitrogens with one attached hydrogen (secondary N) is 3. The zero-order valence-electron chi connectivity index (χ0n) is 16.0. The third kappa shape index (κ3) is 5.78. The third-order valence-electron chi connectivity index (χ3n) is 3.99. The summed E-state index contributed by atoms with van der Waals surface area (Å²) in [5.41, 5.74) is 2.75. The van der Waals surface area contributed by atoms with Crippen LogP contribution in [0, 0.1) is 0 Å². The average molecular weight is 411 g/mol. The molecule has 0 unspecified atom stereocenters. The van der Waals surface area contributed by atoms with Gasteiger partial charge in [-0.05, 0) is 60.7 Å². The number of para-hydroxylation sites is 1. The zero-order valence-corrected chi connectivity index (χ0v) is 16.0. The Morgan fingerprint density at radius 2 is 1.37 bits per heavy atom. The second-order valence-corrected chi connectivity index (χ2v) is 6.29. The van der Waals surface area contributed by atoms with Crippen molar-refractivity contribution >= 4 is 34.6 Å². The SMILES string of the molecule is CC(=O)Nc1ccc(NC(=O)c2ccccc2Nc2ccc(OC(F)F)cc2)cc1. The summed E-state index contributed by atoms with van der Waals surface area (Å²) in [4.78, 5) is 23.8. The summed E-state index contributed by atoms with van der Waals surface area (Å²) < 4.78 is 28.9. The average Bonchev–Trinajstić information content (AvgIpc) is 2.70. The van der Waals surface area contributed by atoms with E-state index in [-0.39, 0.29) is 17.6 Å². The molecule has 0 spiro atoms. The lowest BCUT2D eigenvalue weighted by molar-refractivity contribution is -0.114. The fraction of sp³-hybridized carbons (Fsp3) is 0.0909. The molecule has 3 N–H and O–H groups in total. The molecule has 0 aromatic heterocycles. The van der Waals surface area contributed by atoms with Crippen LogP contribution in [0.25, 0.3) is 0 Å².